The van der Waals surface area contributed by atoms with Gasteiger partial charge in [0.05, 0.1) is 5.75 Å². The quantitative estimate of drug-likeness (QED) is 0.395. The topological polar surface area (TPSA) is 111 Å². The van der Waals surface area contributed by atoms with Gasteiger partial charge in [0.2, 0.25) is 5.91 Å². The number of anilines is 1. The molecule has 0 saturated heterocycles. The van der Waals surface area contributed by atoms with Gasteiger partial charge in [-0.3, -0.25) is 4.79 Å². The molecule has 8 heteroatoms. The summed E-state index contributed by atoms with van der Waals surface area (Å²) >= 11 is 1.22. The lowest BCUT2D eigenvalue weighted by Gasteiger charge is -2.08. The summed E-state index contributed by atoms with van der Waals surface area (Å²) in [5.41, 5.74) is 9.37. The zero-order chi connectivity index (χ0) is 21.1. The second-order valence-electron chi connectivity index (χ2n) is 7.32. The number of hydrogen-bond donors (Lipinski definition) is 3. The molecule has 2 heterocycles. The van der Waals surface area contributed by atoms with Crippen LogP contribution in [-0.4, -0.2) is 26.8 Å². The summed E-state index contributed by atoms with van der Waals surface area (Å²) in [6.07, 6.45) is 2.68. The molecule has 154 valence electrons. The van der Waals surface area contributed by atoms with Crippen molar-refractivity contribution in [3.8, 4) is 0 Å². The molecule has 0 spiro atoms. The van der Waals surface area contributed by atoms with E-state index in [0.29, 0.717) is 17.5 Å². The number of aromatic nitrogens is 3. The molecule has 2 aromatic heterocycles. The fourth-order valence-corrected chi connectivity index (χ4v) is 3.85. The van der Waals surface area contributed by atoms with Gasteiger partial charge in [0.25, 0.3) is 11.1 Å². The Morgan fingerprint density at radius 3 is 2.93 bits per heavy atom. The van der Waals surface area contributed by atoms with Crippen molar-refractivity contribution < 1.29 is 14.9 Å². The maximum atomic E-state index is 12.3. The first-order valence-corrected chi connectivity index (χ1v) is 10.7. The van der Waals surface area contributed by atoms with Gasteiger partial charge < -0.3 is 20.5 Å². The van der Waals surface area contributed by atoms with E-state index in [2.05, 4.69) is 32.3 Å². The summed E-state index contributed by atoms with van der Waals surface area (Å²) in [4.78, 5) is 15.6. The van der Waals surface area contributed by atoms with Crippen LogP contribution in [0.5, 0.6) is 0 Å². The summed E-state index contributed by atoms with van der Waals surface area (Å²) in [5, 5.41) is 12.7. The number of quaternary nitrogens is 1. The number of carbonyl (C=O) groups excluding carboxylic acids is 1. The van der Waals surface area contributed by atoms with Crippen LogP contribution in [0.25, 0.3) is 10.9 Å². The average molecular weight is 423 g/mol. The van der Waals surface area contributed by atoms with E-state index in [0.717, 1.165) is 27.9 Å². The van der Waals surface area contributed by atoms with Crippen molar-refractivity contribution in [2.24, 2.45) is 0 Å². The fourth-order valence-electron chi connectivity index (χ4n) is 3.28. The van der Waals surface area contributed by atoms with E-state index >= 15 is 0 Å². The molecule has 0 radical (unpaired) electrons. The second kappa shape index (κ2) is 8.73. The number of aromatic amines is 1. The van der Waals surface area contributed by atoms with E-state index in [9.17, 15) is 4.79 Å². The number of rotatable bonds is 7. The minimum atomic E-state index is -0.171. The Kier molecular flexibility index (Phi) is 5.87. The minimum absolute atomic E-state index is 0.113. The van der Waals surface area contributed by atoms with Gasteiger partial charge in [-0.25, -0.2) is 0 Å². The molecule has 0 saturated carbocycles. The first-order valence-electron chi connectivity index (χ1n) is 9.71. The van der Waals surface area contributed by atoms with E-state index in [1.54, 1.807) is 0 Å². The molecule has 1 unspecified atom stereocenters. The number of amides is 1. The Morgan fingerprint density at radius 1 is 1.23 bits per heavy atom. The molecule has 30 heavy (non-hydrogen) atoms. The lowest BCUT2D eigenvalue weighted by molar-refractivity contribution is -0.431. The number of hydrogen-bond acceptors (Lipinski definition) is 5. The van der Waals surface area contributed by atoms with Crippen molar-refractivity contribution in [1.82, 2.24) is 15.2 Å². The number of fused-ring (bicyclic) bond motifs is 1. The molecule has 0 aliphatic carbocycles. The molecule has 2 aromatic carbocycles. The van der Waals surface area contributed by atoms with E-state index in [1.165, 1.54) is 17.1 Å². The van der Waals surface area contributed by atoms with E-state index in [4.69, 9.17) is 4.42 Å². The average Bonchev–Trinajstić information content (AvgIpc) is 3.37. The molecule has 7 nitrogen and oxygen atoms in total. The fraction of sp³-hybridized carbons (Fsp3) is 0.227. The van der Waals surface area contributed by atoms with Crippen molar-refractivity contribution in [2.45, 2.75) is 31.5 Å². The highest BCUT2D eigenvalue weighted by atomic mass is 32.2. The van der Waals surface area contributed by atoms with Crippen LogP contribution < -0.4 is 11.1 Å². The molecule has 4 aromatic rings. The minimum Gasteiger partial charge on any atom is -0.410 e. The van der Waals surface area contributed by atoms with Gasteiger partial charge in [-0.15, -0.1) is 10.2 Å². The van der Waals surface area contributed by atoms with Crippen molar-refractivity contribution >= 4 is 34.3 Å². The highest BCUT2D eigenvalue weighted by Crippen LogP contribution is 2.24. The van der Waals surface area contributed by atoms with Gasteiger partial charge >= 0.3 is 0 Å². The summed E-state index contributed by atoms with van der Waals surface area (Å²) in [6, 6.07) is 13.9. The highest BCUT2D eigenvalue weighted by Gasteiger charge is 2.20. The van der Waals surface area contributed by atoms with Crippen LogP contribution >= 0.6 is 11.8 Å². The van der Waals surface area contributed by atoms with E-state index < -0.39 is 0 Å². The van der Waals surface area contributed by atoms with Gasteiger partial charge in [0.1, 0.15) is 0 Å². The van der Waals surface area contributed by atoms with Crippen LogP contribution in [0.1, 0.15) is 28.6 Å². The van der Waals surface area contributed by atoms with E-state index in [-0.39, 0.29) is 17.7 Å². The molecule has 0 aliphatic heterocycles. The first-order chi connectivity index (χ1) is 14.5. The van der Waals surface area contributed by atoms with E-state index in [1.807, 2.05) is 56.4 Å². The van der Waals surface area contributed by atoms with Crippen molar-refractivity contribution in [3.05, 3.63) is 71.2 Å². The SMILES string of the molecule is Cc1ccc(C)c(NC(=O)CSc2nnc(C([NH3+])Cc3c[nH]c4ccccc34)o2)c1. The first kappa shape index (κ1) is 20.2. The molecule has 1 amide bonds. The Balaban J connectivity index is 1.34. The third-order valence-electron chi connectivity index (χ3n) is 4.91. The number of nitrogens with one attached hydrogen (secondary N) is 2. The number of nitrogens with zero attached hydrogens (tertiary/aromatic N) is 2. The molecular weight excluding hydrogens is 398 g/mol. The molecule has 5 N–H and O–H groups in total. The Hall–Kier alpha value is -3.10. The number of thioether (sulfide) groups is 1. The van der Waals surface area contributed by atoms with Crippen LogP contribution in [0.4, 0.5) is 5.69 Å². The van der Waals surface area contributed by atoms with Crippen molar-refractivity contribution in [3.63, 3.8) is 0 Å². The lowest BCUT2D eigenvalue weighted by Crippen LogP contribution is -2.54. The number of H-pyrrole nitrogens is 1. The summed E-state index contributed by atoms with van der Waals surface area (Å²) in [6.45, 7) is 3.96. The van der Waals surface area contributed by atoms with Crippen LogP contribution in [0.15, 0.2) is 58.3 Å². The number of carbonyl (C=O) groups is 1. The zero-order valence-corrected chi connectivity index (χ0v) is 17.8. The molecule has 0 aliphatic rings. The number of aryl methyl sites for hydroxylation is 2. The third-order valence-corrected chi connectivity index (χ3v) is 5.72. The normalized spacial score (nSPS) is 12.2. The summed E-state index contributed by atoms with van der Waals surface area (Å²) in [5.74, 6) is 0.551. The second-order valence-corrected chi connectivity index (χ2v) is 8.25. The van der Waals surface area contributed by atoms with Crippen LogP contribution in [0.2, 0.25) is 0 Å². The number of para-hydroxylation sites is 1. The van der Waals surface area contributed by atoms with Crippen LogP contribution in [0, 0.1) is 13.8 Å². The maximum Gasteiger partial charge on any atom is 0.277 e. The van der Waals surface area contributed by atoms with Crippen LogP contribution in [0.3, 0.4) is 0 Å². The smallest absolute Gasteiger partial charge is 0.277 e. The summed E-state index contributed by atoms with van der Waals surface area (Å²) < 4.78 is 5.74. The molecule has 0 fully saturated rings. The van der Waals surface area contributed by atoms with Crippen molar-refractivity contribution in [1.29, 1.82) is 0 Å². The molecule has 1 atom stereocenters. The summed E-state index contributed by atoms with van der Waals surface area (Å²) in [7, 11) is 0. The Bertz CT molecular complexity index is 1180. The standard InChI is InChI=1S/C22H23N5O2S/c1-13-7-8-14(2)19(9-13)25-20(28)12-30-22-27-26-21(29-22)17(23)10-15-11-24-18-6-4-3-5-16(15)18/h3-9,11,17,24H,10,12,23H2,1-2H3,(H,25,28)/p+1. The van der Waals surface area contributed by atoms with Crippen molar-refractivity contribution in [2.75, 3.05) is 11.1 Å². The van der Waals surface area contributed by atoms with Gasteiger partial charge in [0, 0.05) is 29.2 Å². The molecular formula is C22H24N5O2S+. The van der Waals surface area contributed by atoms with Gasteiger partial charge in [-0.05, 0) is 42.7 Å². The zero-order valence-electron chi connectivity index (χ0n) is 16.9. The third kappa shape index (κ3) is 4.55. The largest absolute Gasteiger partial charge is 0.410 e. The molecule has 0 bridgehead atoms. The monoisotopic (exact) mass is 422 g/mol. The molecule has 4 rings (SSSR count). The van der Waals surface area contributed by atoms with Gasteiger partial charge in [0.15, 0.2) is 6.04 Å². The Morgan fingerprint density at radius 2 is 2.07 bits per heavy atom. The van der Waals surface area contributed by atoms with Gasteiger partial charge in [-0.2, -0.15) is 0 Å². The predicted molar refractivity (Wildman–Crippen MR) is 117 cm³/mol. The highest BCUT2D eigenvalue weighted by molar-refractivity contribution is 7.99. The number of benzene rings is 2. The Labute approximate surface area is 178 Å². The lowest BCUT2D eigenvalue weighted by atomic mass is 10.1. The van der Waals surface area contributed by atoms with Crippen LogP contribution in [-0.2, 0) is 11.2 Å². The predicted octanol–water partition coefficient (Wildman–Crippen LogP) is 3.42. The van der Waals surface area contributed by atoms with Gasteiger partial charge in [-0.1, -0.05) is 42.1 Å². The maximum absolute atomic E-state index is 12.3.